The normalized spacial score (nSPS) is 16.6. The molecule has 2 aromatic carbocycles. The third-order valence-electron chi connectivity index (χ3n) is 4.89. The molecule has 1 atom stereocenters. The van der Waals surface area contributed by atoms with Crippen LogP contribution in [0.5, 0.6) is 0 Å². The molecule has 0 aromatic heterocycles. The second kappa shape index (κ2) is 10.9. The first-order valence-electron chi connectivity index (χ1n) is 9.32. The van der Waals surface area contributed by atoms with Gasteiger partial charge in [-0.3, -0.25) is 9.69 Å². The van der Waals surface area contributed by atoms with Crippen molar-refractivity contribution in [3.63, 3.8) is 0 Å². The van der Waals surface area contributed by atoms with Gasteiger partial charge in [-0.25, -0.2) is 8.78 Å². The van der Waals surface area contributed by atoms with Gasteiger partial charge in [0.15, 0.2) is 0 Å². The fourth-order valence-corrected chi connectivity index (χ4v) is 3.35. The van der Waals surface area contributed by atoms with E-state index in [0.29, 0.717) is 26.1 Å². The summed E-state index contributed by atoms with van der Waals surface area (Å²) in [5.74, 6) is -1.74. The van der Waals surface area contributed by atoms with E-state index in [4.69, 9.17) is 4.74 Å². The molecular formula is C22H24ClF2NO3. The molecule has 0 bridgehead atoms. The Balaban J connectivity index is 0.00000300. The SMILES string of the molecule is Cl.O=C(O)C1CCCN(CCOC=C(c2ccc(F)cc2)c2ccc(F)cc2)C1. The minimum Gasteiger partial charge on any atom is -0.499 e. The average molecular weight is 424 g/mol. The van der Waals surface area contributed by atoms with Crippen molar-refractivity contribution in [3.05, 3.63) is 77.6 Å². The number of halogens is 3. The topological polar surface area (TPSA) is 49.8 Å². The van der Waals surface area contributed by atoms with Gasteiger partial charge in [0.25, 0.3) is 0 Å². The molecule has 0 aliphatic carbocycles. The molecule has 1 heterocycles. The van der Waals surface area contributed by atoms with Gasteiger partial charge in [0.2, 0.25) is 0 Å². The molecule has 2 aromatic rings. The number of benzene rings is 2. The number of carboxylic acids is 1. The first-order valence-corrected chi connectivity index (χ1v) is 9.32. The van der Waals surface area contributed by atoms with Crippen molar-refractivity contribution < 1.29 is 23.4 Å². The summed E-state index contributed by atoms with van der Waals surface area (Å²) in [6, 6.07) is 12.1. The van der Waals surface area contributed by atoms with Crippen LogP contribution in [0.3, 0.4) is 0 Å². The number of likely N-dealkylation sites (tertiary alicyclic amines) is 1. The third-order valence-corrected chi connectivity index (χ3v) is 4.89. The molecule has 0 spiro atoms. The number of carbonyl (C=O) groups is 1. The first kappa shape index (κ1) is 22.8. The smallest absolute Gasteiger partial charge is 0.307 e. The van der Waals surface area contributed by atoms with Crippen LogP contribution >= 0.6 is 12.4 Å². The number of rotatable bonds is 7. The van der Waals surface area contributed by atoms with Gasteiger partial charge >= 0.3 is 5.97 Å². The zero-order chi connectivity index (χ0) is 19.9. The maximum atomic E-state index is 13.3. The van der Waals surface area contributed by atoms with Gasteiger partial charge in [-0.15, -0.1) is 12.4 Å². The summed E-state index contributed by atoms with van der Waals surface area (Å²) >= 11 is 0. The molecule has 3 rings (SSSR count). The van der Waals surface area contributed by atoms with Crippen LogP contribution in [0.15, 0.2) is 54.8 Å². The van der Waals surface area contributed by atoms with E-state index in [1.54, 1.807) is 30.5 Å². The highest BCUT2D eigenvalue weighted by Crippen LogP contribution is 2.24. The van der Waals surface area contributed by atoms with E-state index in [0.717, 1.165) is 29.7 Å². The largest absolute Gasteiger partial charge is 0.499 e. The number of hydrogen-bond donors (Lipinski definition) is 1. The van der Waals surface area contributed by atoms with Crippen molar-refractivity contribution in [1.29, 1.82) is 0 Å². The van der Waals surface area contributed by atoms with E-state index in [1.165, 1.54) is 24.3 Å². The molecule has 1 N–H and O–H groups in total. The number of carboxylic acid groups (broad SMARTS) is 1. The maximum Gasteiger partial charge on any atom is 0.307 e. The zero-order valence-corrected chi connectivity index (χ0v) is 16.7. The summed E-state index contributed by atoms with van der Waals surface area (Å²) in [6.45, 7) is 2.42. The molecule has 1 aliphatic heterocycles. The molecule has 1 saturated heterocycles. The van der Waals surface area contributed by atoms with Crippen LogP contribution in [-0.4, -0.2) is 42.2 Å². The third kappa shape index (κ3) is 6.54. The zero-order valence-electron chi connectivity index (χ0n) is 15.9. The van der Waals surface area contributed by atoms with Crippen molar-refractivity contribution in [2.24, 2.45) is 5.92 Å². The number of piperidine rings is 1. The Labute approximate surface area is 175 Å². The summed E-state index contributed by atoms with van der Waals surface area (Å²) in [5, 5.41) is 9.17. The number of hydrogen-bond acceptors (Lipinski definition) is 3. The maximum absolute atomic E-state index is 13.3. The summed E-state index contributed by atoms with van der Waals surface area (Å²) in [4.78, 5) is 13.2. The molecule has 0 radical (unpaired) electrons. The van der Waals surface area contributed by atoms with Gasteiger partial charge in [0.1, 0.15) is 18.2 Å². The van der Waals surface area contributed by atoms with Crippen LogP contribution in [-0.2, 0) is 9.53 Å². The molecule has 1 aliphatic rings. The van der Waals surface area contributed by atoms with E-state index in [9.17, 15) is 18.7 Å². The summed E-state index contributed by atoms with van der Waals surface area (Å²) in [6.07, 6.45) is 3.17. The fraction of sp³-hybridized carbons (Fsp3) is 0.318. The molecule has 156 valence electrons. The second-order valence-electron chi connectivity index (χ2n) is 6.89. The van der Waals surface area contributed by atoms with Crippen molar-refractivity contribution >= 4 is 23.9 Å². The number of aliphatic carboxylic acids is 1. The summed E-state index contributed by atoms with van der Waals surface area (Å²) in [7, 11) is 0. The van der Waals surface area contributed by atoms with E-state index < -0.39 is 5.97 Å². The monoisotopic (exact) mass is 423 g/mol. The highest BCUT2D eigenvalue weighted by Gasteiger charge is 2.24. The van der Waals surface area contributed by atoms with Crippen LogP contribution in [0.1, 0.15) is 24.0 Å². The fourth-order valence-electron chi connectivity index (χ4n) is 3.35. The summed E-state index contributed by atoms with van der Waals surface area (Å²) in [5.41, 5.74) is 2.25. The lowest BCUT2D eigenvalue weighted by Crippen LogP contribution is -2.40. The molecule has 4 nitrogen and oxygen atoms in total. The van der Waals surface area contributed by atoms with Crippen LogP contribution < -0.4 is 0 Å². The highest BCUT2D eigenvalue weighted by molar-refractivity contribution is 5.85. The number of ether oxygens (including phenoxy) is 1. The average Bonchev–Trinajstić information content (AvgIpc) is 2.70. The van der Waals surface area contributed by atoms with Crippen molar-refractivity contribution in [3.8, 4) is 0 Å². The number of nitrogens with zero attached hydrogens (tertiary/aromatic N) is 1. The standard InChI is InChI=1S/C22H23F2NO3.ClH/c23-19-7-3-16(4-8-19)21(17-5-9-20(24)10-6-17)15-28-13-12-25-11-1-2-18(14-25)22(26)27;/h3-10,15,18H,1-2,11-14H2,(H,26,27);1H. The Kier molecular flexibility index (Phi) is 8.61. The Morgan fingerprint density at radius 2 is 1.62 bits per heavy atom. The quantitative estimate of drug-likeness (QED) is 0.522. The lowest BCUT2D eigenvalue weighted by molar-refractivity contribution is -0.143. The highest BCUT2D eigenvalue weighted by atomic mass is 35.5. The molecule has 1 fully saturated rings. The van der Waals surface area contributed by atoms with Gasteiger partial charge in [0, 0.05) is 18.7 Å². The van der Waals surface area contributed by atoms with E-state index in [1.807, 2.05) is 0 Å². The van der Waals surface area contributed by atoms with Gasteiger partial charge in [-0.2, -0.15) is 0 Å². The Hall–Kier alpha value is -2.44. The molecule has 7 heteroatoms. The summed E-state index contributed by atoms with van der Waals surface area (Å²) < 4.78 is 32.2. The molecule has 0 saturated carbocycles. The van der Waals surface area contributed by atoms with E-state index in [-0.39, 0.29) is 30.0 Å². The minimum absolute atomic E-state index is 0. The van der Waals surface area contributed by atoms with Gasteiger partial charge in [0.05, 0.1) is 12.2 Å². The van der Waals surface area contributed by atoms with E-state index >= 15 is 0 Å². The van der Waals surface area contributed by atoms with Gasteiger partial charge < -0.3 is 9.84 Å². The Morgan fingerprint density at radius 1 is 1.07 bits per heavy atom. The van der Waals surface area contributed by atoms with Gasteiger partial charge in [-0.05, 0) is 54.8 Å². The van der Waals surface area contributed by atoms with Crippen LogP contribution in [0.25, 0.3) is 5.57 Å². The van der Waals surface area contributed by atoms with Crippen molar-refractivity contribution in [1.82, 2.24) is 4.90 Å². The van der Waals surface area contributed by atoms with Crippen LogP contribution in [0.4, 0.5) is 8.78 Å². The predicted octanol–water partition coefficient (Wildman–Crippen LogP) is 4.59. The lowest BCUT2D eigenvalue weighted by Gasteiger charge is -2.30. The van der Waals surface area contributed by atoms with Crippen LogP contribution in [0.2, 0.25) is 0 Å². The van der Waals surface area contributed by atoms with Crippen molar-refractivity contribution in [2.45, 2.75) is 12.8 Å². The Bertz CT molecular complexity index is 777. The molecule has 29 heavy (non-hydrogen) atoms. The minimum atomic E-state index is -0.750. The first-order chi connectivity index (χ1) is 13.5. The lowest BCUT2D eigenvalue weighted by atomic mass is 9.98. The predicted molar refractivity (Wildman–Crippen MR) is 110 cm³/mol. The second-order valence-corrected chi connectivity index (χ2v) is 6.89. The van der Waals surface area contributed by atoms with Crippen LogP contribution in [0, 0.1) is 17.6 Å². The molecule has 1 unspecified atom stereocenters. The van der Waals surface area contributed by atoms with Crippen molar-refractivity contribution in [2.75, 3.05) is 26.2 Å². The molecule has 0 amide bonds. The molecular weight excluding hydrogens is 400 g/mol. The Morgan fingerprint density at radius 3 is 2.14 bits per heavy atom. The van der Waals surface area contributed by atoms with Gasteiger partial charge in [-0.1, -0.05) is 24.3 Å². The van der Waals surface area contributed by atoms with E-state index in [2.05, 4.69) is 4.90 Å².